The normalized spacial score (nSPS) is 18.3. The standard InChI is InChI=1S/C21H31ClN4O3/c1-29-19-6-5-18(22)14-17(19)15-24-10-12-25(13-11-24)16-20(27)23-7-3-9-26-8-2-4-21(26)28/h5-6,14H,2-4,7-13,15-16H2,1H3,(H,23,27). The minimum Gasteiger partial charge on any atom is -0.496 e. The van der Waals surface area contributed by atoms with Crippen molar-refractivity contribution < 1.29 is 14.3 Å². The maximum Gasteiger partial charge on any atom is 0.234 e. The second-order valence-electron chi connectivity index (χ2n) is 7.70. The summed E-state index contributed by atoms with van der Waals surface area (Å²) in [6, 6.07) is 5.69. The van der Waals surface area contributed by atoms with Crippen LogP contribution in [0.2, 0.25) is 5.02 Å². The third kappa shape index (κ3) is 6.59. The Morgan fingerprint density at radius 3 is 2.62 bits per heavy atom. The number of hydrogen-bond donors (Lipinski definition) is 1. The summed E-state index contributed by atoms with van der Waals surface area (Å²) in [5.74, 6) is 1.15. The Balaban J connectivity index is 1.32. The molecule has 2 aliphatic rings. The van der Waals surface area contributed by atoms with Gasteiger partial charge in [-0.2, -0.15) is 0 Å². The van der Waals surface area contributed by atoms with Crippen LogP contribution in [0.5, 0.6) is 5.75 Å². The van der Waals surface area contributed by atoms with Crippen LogP contribution >= 0.6 is 11.6 Å². The topological polar surface area (TPSA) is 65.1 Å². The van der Waals surface area contributed by atoms with Gasteiger partial charge in [-0.25, -0.2) is 0 Å². The van der Waals surface area contributed by atoms with Crippen molar-refractivity contribution in [3.63, 3.8) is 0 Å². The molecule has 29 heavy (non-hydrogen) atoms. The van der Waals surface area contributed by atoms with E-state index in [4.69, 9.17) is 16.3 Å². The van der Waals surface area contributed by atoms with E-state index in [1.54, 1.807) is 7.11 Å². The number of rotatable bonds is 9. The van der Waals surface area contributed by atoms with Crippen molar-refractivity contribution in [1.82, 2.24) is 20.0 Å². The van der Waals surface area contributed by atoms with Crippen LogP contribution in [0.25, 0.3) is 0 Å². The number of carbonyl (C=O) groups excluding carboxylic acids is 2. The highest BCUT2D eigenvalue weighted by Gasteiger charge is 2.21. The van der Waals surface area contributed by atoms with Crippen molar-refractivity contribution in [3.05, 3.63) is 28.8 Å². The van der Waals surface area contributed by atoms with Gasteiger partial charge in [0, 0.05) is 69.4 Å². The predicted molar refractivity (Wildman–Crippen MR) is 113 cm³/mol. The molecule has 0 aromatic heterocycles. The molecule has 0 unspecified atom stereocenters. The average Bonchev–Trinajstić information content (AvgIpc) is 3.12. The van der Waals surface area contributed by atoms with E-state index in [2.05, 4.69) is 15.1 Å². The van der Waals surface area contributed by atoms with Gasteiger partial charge in [0.05, 0.1) is 13.7 Å². The van der Waals surface area contributed by atoms with Crippen LogP contribution in [0.15, 0.2) is 18.2 Å². The quantitative estimate of drug-likeness (QED) is 0.612. The van der Waals surface area contributed by atoms with Gasteiger partial charge in [0.2, 0.25) is 11.8 Å². The minimum atomic E-state index is 0.0581. The molecule has 160 valence electrons. The highest BCUT2D eigenvalue weighted by atomic mass is 35.5. The number of benzene rings is 1. The molecule has 0 saturated carbocycles. The first-order valence-electron chi connectivity index (χ1n) is 10.4. The van der Waals surface area contributed by atoms with E-state index in [9.17, 15) is 9.59 Å². The van der Waals surface area contributed by atoms with Gasteiger partial charge in [0.15, 0.2) is 0 Å². The Bertz CT molecular complexity index is 707. The average molecular weight is 423 g/mol. The molecule has 2 fully saturated rings. The summed E-state index contributed by atoms with van der Waals surface area (Å²) in [6.07, 6.45) is 2.44. The van der Waals surface area contributed by atoms with Crippen LogP contribution < -0.4 is 10.1 Å². The number of ether oxygens (including phenoxy) is 1. The first kappa shape index (κ1) is 21.9. The molecule has 0 bridgehead atoms. The molecule has 8 heteroatoms. The summed E-state index contributed by atoms with van der Waals surface area (Å²) in [5.41, 5.74) is 1.09. The second-order valence-corrected chi connectivity index (χ2v) is 8.13. The Labute approximate surface area is 177 Å². The van der Waals surface area contributed by atoms with Gasteiger partial charge in [0.1, 0.15) is 5.75 Å². The molecule has 1 N–H and O–H groups in total. The molecule has 0 aliphatic carbocycles. The lowest BCUT2D eigenvalue weighted by molar-refractivity contribution is -0.127. The SMILES string of the molecule is COc1ccc(Cl)cc1CN1CCN(CC(=O)NCCCN2CCCC2=O)CC1. The zero-order valence-corrected chi connectivity index (χ0v) is 17.9. The molecule has 1 aromatic carbocycles. The zero-order chi connectivity index (χ0) is 20.6. The highest BCUT2D eigenvalue weighted by molar-refractivity contribution is 6.30. The number of amides is 2. The fourth-order valence-electron chi connectivity index (χ4n) is 3.91. The van der Waals surface area contributed by atoms with Gasteiger partial charge < -0.3 is 15.0 Å². The Morgan fingerprint density at radius 2 is 1.93 bits per heavy atom. The highest BCUT2D eigenvalue weighted by Crippen LogP contribution is 2.24. The number of likely N-dealkylation sites (tertiary alicyclic amines) is 1. The van der Waals surface area contributed by atoms with Crippen LogP contribution in [-0.4, -0.2) is 86.0 Å². The maximum atomic E-state index is 12.2. The molecule has 2 amide bonds. The Hall–Kier alpha value is -1.83. The van der Waals surface area contributed by atoms with Gasteiger partial charge in [-0.3, -0.25) is 19.4 Å². The van der Waals surface area contributed by atoms with E-state index >= 15 is 0 Å². The minimum absolute atomic E-state index is 0.0581. The first-order chi connectivity index (χ1) is 14.0. The number of nitrogens with one attached hydrogen (secondary N) is 1. The Morgan fingerprint density at radius 1 is 1.17 bits per heavy atom. The van der Waals surface area contributed by atoms with E-state index in [0.29, 0.717) is 24.5 Å². The number of hydrogen-bond acceptors (Lipinski definition) is 5. The van der Waals surface area contributed by atoms with E-state index < -0.39 is 0 Å². The largest absolute Gasteiger partial charge is 0.496 e. The number of halogens is 1. The second kappa shape index (κ2) is 10.8. The molecule has 2 heterocycles. The van der Waals surface area contributed by atoms with Crippen LogP contribution in [0.3, 0.4) is 0 Å². The van der Waals surface area contributed by atoms with Gasteiger partial charge >= 0.3 is 0 Å². The molecule has 2 saturated heterocycles. The summed E-state index contributed by atoms with van der Waals surface area (Å²) in [5, 5.41) is 3.69. The summed E-state index contributed by atoms with van der Waals surface area (Å²) in [6.45, 7) is 6.97. The van der Waals surface area contributed by atoms with E-state index in [1.807, 2.05) is 23.1 Å². The van der Waals surface area contributed by atoms with Gasteiger partial charge in [-0.1, -0.05) is 11.6 Å². The van der Waals surface area contributed by atoms with Gasteiger partial charge in [0.25, 0.3) is 0 Å². The van der Waals surface area contributed by atoms with Crippen molar-refractivity contribution in [2.75, 3.05) is 59.5 Å². The Kier molecular flexibility index (Phi) is 8.15. The van der Waals surface area contributed by atoms with Crippen LogP contribution in [0, 0.1) is 0 Å². The molecule has 3 rings (SSSR count). The summed E-state index contributed by atoms with van der Waals surface area (Å²) >= 11 is 6.12. The summed E-state index contributed by atoms with van der Waals surface area (Å²) < 4.78 is 5.43. The van der Waals surface area contributed by atoms with Crippen molar-refractivity contribution in [2.45, 2.75) is 25.8 Å². The smallest absolute Gasteiger partial charge is 0.234 e. The third-order valence-electron chi connectivity index (χ3n) is 5.57. The predicted octanol–water partition coefficient (Wildman–Crippen LogP) is 1.59. The maximum absolute atomic E-state index is 12.2. The monoisotopic (exact) mass is 422 g/mol. The van der Waals surface area contributed by atoms with Crippen LogP contribution in [-0.2, 0) is 16.1 Å². The molecule has 1 aromatic rings. The number of piperazine rings is 1. The molecule has 7 nitrogen and oxygen atoms in total. The zero-order valence-electron chi connectivity index (χ0n) is 17.2. The fraction of sp³-hybridized carbons (Fsp3) is 0.619. The molecular formula is C21H31ClN4O3. The number of carbonyl (C=O) groups is 2. The number of methoxy groups -OCH3 is 1. The van der Waals surface area contributed by atoms with Crippen molar-refractivity contribution in [2.24, 2.45) is 0 Å². The lowest BCUT2D eigenvalue weighted by Crippen LogP contribution is -2.49. The van der Waals surface area contributed by atoms with Crippen LogP contribution in [0.4, 0.5) is 0 Å². The summed E-state index contributed by atoms with van der Waals surface area (Å²) in [4.78, 5) is 30.2. The van der Waals surface area contributed by atoms with E-state index in [-0.39, 0.29) is 11.8 Å². The van der Waals surface area contributed by atoms with Gasteiger partial charge in [-0.15, -0.1) is 0 Å². The van der Waals surface area contributed by atoms with Crippen LogP contribution in [0.1, 0.15) is 24.8 Å². The lowest BCUT2D eigenvalue weighted by atomic mass is 10.1. The van der Waals surface area contributed by atoms with Crippen molar-refractivity contribution in [3.8, 4) is 5.75 Å². The lowest BCUT2D eigenvalue weighted by Gasteiger charge is -2.34. The molecule has 2 aliphatic heterocycles. The molecular weight excluding hydrogens is 392 g/mol. The fourth-order valence-corrected chi connectivity index (χ4v) is 4.11. The molecule has 0 atom stereocenters. The summed E-state index contributed by atoms with van der Waals surface area (Å²) in [7, 11) is 1.67. The van der Waals surface area contributed by atoms with Crippen molar-refractivity contribution in [1.29, 1.82) is 0 Å². The van der Waals surface area contributed by atoms with Crippen molar-refractivity contribution >= 4 is 23.4 Å². The molecule has 0 radical (unpaired) electrons. The van der Waals surface area contributed by atoms with E-state index in [1.165, 1.54) is 0 Å². The molecule has 0 spiro atoms. The van der Waals surface area contributed by atoms with E-state index in [0.717, 1.165) is 70.0 Å². The van der Waals surface area contributed by atoms with Gasteiger partial charge in [-0.05, 0) is 31.0 Å². The number of nitrogens with zero attached hydrogens (tertiary/aromatic N) is 3. The third-order valence-corrected chi connectivity index (χ3v) is 5.80. The first-order valence-corrected chi connectivity index (χ1v) is 10.7.